The maximum absolute atomic E-state index is 11.1. The van der Waals surface area contributed by atoms with Gasteiger partial charge >= 0.3 is 5.97 Å². The van der Waals surface area contributed by atoms with E-state index in [4.69, 9.17) is 9.47 Å². The fourth-order valence-electron chi connectivity index (χ4n) is 3.37. The van der Waals surface area contributed by atoms with Crippen LogP contribution in [0, 0.1) is 11.3 Å². The fraction of sp³-hybridized carbons (Fsp3) is 0.529. The van der Waals surface area contributed by atoms with Gasteiger partial charge in [0.2, 0.25) is 0 Å². The Hall–Kier alpha value is -1.68. The molecule has 0 N–H and O–H groups in total. The number of carbonyl (C=O) groups is 1. The number of allylic oxidation sites excluding steroid dienone is 1. The van der Waals surface area contributed by atoms with E-state index in [1.165, 1.54) is 12.5 Å². The normalized spacial score (nSPS) is 31.4. The Labute approximate surface area is 125 Å². The molecule has 0 radical (unpaired) electrons. The van der Waals surface area contributed by atoms with E-state index in [1.807, 2.05) is 12.3 Å². The van der Waals surface area contributed by atoms with Crippen LogP contribution in [0.5, 0.6) is 0 Å². The summed E-state index contributed by atoms with van der Waals surface area (Å²) in [6.07, 6.45) is 7.92. The molecule has 2 aliphatic rings. The summed E-state index contributed by atoms with van der Waals surface area (Å²) in [5.41, 5.74) is 2.43. The molecule has 0 unspecified atom stereocenters. The van der Waals surface area contributed by atoms with Crippen molar-refractivity contribution in [1.82, 2.24) is 4.98 Å². The molecule has 4 heteroatoms. The second-order valence-electron chi connectivity index (χ2n) is 6.26. The van der Waals surface area contributed by atoms with Gasteiger partial charge in [-0.3, -0.25) is 9.78 Å². The maximum Gasteiger partial charge on any atom is 0.302 e. The summed E-state index contributed by atoms with van der Waals surface area (Å²) < 4.78 is 11.4. The minimum absolute atomic E-state index is 0.0562. The van der Waals surface area contributed by atoms with Crippen LogP contribution >= 0.6 is 0 Å². The number of esters is 1. The van der Waals surface area contributed by atoms with Crippen LogP contribution in [0.1, 0.15) is 38.4 Å². The Balaban J connectivity index is 1.81. The van der Waals surface area contributed by atoms with Crippen molar-refractivity contribution in [3.63, 3.8) is 0 Å². The Morgan fingerprint density at radius 2 is 2.43 bits per heavy atom. The van der Waals surface area contributed by atoms with Gasteiger partial charge in [0.25, 0.3) is 0 Å². The highest BCUT2D eigenvalue weighted by Gasteiger charge is 2.45. The predicted octanol–water partition coefficient (Wildman–Crippen LogP) is 3.06. The third-order valence-electron chi connectivity index (χ3n) is 4.62. The Morgan fingerprint density at radius 1 is 1.57 bits per heavy atom. The number of ether oxygens (including phenoxy) is 2. The van der Waals surface area contributed by atoms with Crippen molar-refractivity contribution in [3.8, 4) is 0 Å². The van der Waals surface area contributed by atoms with Crippen LogP contribution in [0.3, 0.4) is 0 Å². The summed E-state index contributed by atoms with van der Waals surface area (Å²) >= 11 is 0. The Bertz CT molecular complexity index is 554. The first-order valence-electron chi connectivity index (χ1n) is 7.41. The molecule has 1 aromatic rings. The molecule has 1 aliphatic heterocycles. The molecule has 0 spiro atoms. The molecule has 1 fully saturated rings. The van der Waals surface area contributed by atoms with Gasteiger partial charge in [0, 0.05) is 30.7 Å². The zero-order valence-electron chi connectivity index (χ0n) is 12.5. The lowest BCUT2D eigenvalue weighted by atomic mass is 9.67. The molecular formula is C17H21NO3. The highest BCUT2D eigenvalue weighted by Crippen LogP contribution is 2.50. The number of rotatable bonds is 3. The van der Waals surface area contributed by atoms with E-state index in [-0.39, 0.29) is 17.5 Å². The average molecular weight is 287 g/mol. The molecule has 2 heterocycles. The molecule has 1 aromatic heterocycles. The van der Waals surface area contributed by atoms with Gasteiger partial charge in [-0.25, -0.2) is 0 Å². The van der Waals surface area contributed by atoms with E-state index in [0.29, 0.717) is 19.1 Å². The summed E-state index contributed by atoms with van der Waals surface area (Å²) in [6, 6.07) is 4.01. The van der Waals surface area contributed by atoms with Gasteiger partial charge in [0.1, 0.15) is 0 Å². The van der Waals surface area contributed by atoms with Crippen molar-refractivity contribution >= 4 is 5.97 Å². The first kappa shape index (κ1) is 14.3. The van der Waals surface area contributed by atoms with Gasteiger partial charge in [-0.1, -0.05) is 17.7 Å². The van der Waals surface area contributed by atoms with Crippen molar-refractivity contribution in [2.45, 2.75) is 32.8 Å². The molecule has 0 saturated carbocycles. The van der Waals surface area contributed by atoms with E-state index in [0.717, 1.165) is 18.4 Å². The molecule has 3 rings (SSSR count). The molecule has 1 aliphatic carbocycles. The first-order valence-corrected chi connectivity index (χ1v) is 7.41. The number of nitrogens with zero attached hydrogens (tertiary/aromatic N) is 1. The average Bonchev–Trinajstić information content (AvgIpc) is 2.51. The van der Waals surface area contributed by atoms with Gasteiger partial charge < -0.3 is 9.47 Å². The fourth-order valence-corrected chi connectivity index (χ4v) is 3.37. The topological polar surface area (TPSA) is 48.4 Å². The molecule has 21 heavy (non-hydrogen) atoms. The summed E-state index contributed by atoms with van der Waals surface area (Å²) in [4.78, 5) is 15.3. The summed E-state index contributed by atoms with van der Waals surface area (Å²) in [7, 11) is 0. The van der Waals surface area contributed by atoms with Gasteiger partial charge in [0.15, 0.2) is 0 Å². The lowest BCUT2D eigenvalue weighted by Gasteiger charge is -2.47. The van der Waals surface area contributed by atoms with Crippen LogP contribution in [0.15, 0.2) is 36.2 Å². The highest BCUT2D eigenvalue weighted by atomic mass is 16.5. The standard InChI is InChI=1S/C17H21NO3/c1-12-5-6-17(10-20-13(2)19)8-15(12)16(21-11-17)14-4-3-7-18-9-14/h3-5,7,9,15-16H,6,8,10-11H2,1-2H3/t15-,16+,17+/m1/s1. The second kappa shape index (κ2) is 5.60. The third-order valence-corrected chi connectivity index (χ3v) is 4.62. The predicted molar refractivity (Wildman–Crippen MR) is 78.5 cm³/mol. The first-order chi connectivity index (χ1) is 10.1. The molecule has 2 bridgehead atoms. The van der Waals surface area contributed by atoms with Crippen molar-refractivity contribution in [1.29, 1.82) is 0 Å². The number of hydrogen-bond acceptors (Lipinski definition) is 4. The molecular weight excluding hydrogens is 266 g/mol. The van der Waals surface area contributed by atoms with Gasteiger partial charge in [-0.05, 0) is 31.4 Å². The van der Waals surface area contributed by atoms with Crippen LogP contribution in [0.2, 0.25) is 0 Å². The van der Waals surface area contributed by atoms with Crippen LogP contribution in [0.25, 0.3) is 0 Å². The van der Waals surface area contributed by atoms with E-state index in [2.05, 4.69) is 24.1 Å². The van der Waals surface area contributed by atoms with Gasteiger partial charge in [0.05, 0.1) is 19.3 Å². The van der Waals surface area contributed by atoms with E-state index in [1.54, 1.807) is 6.20 Å². The van der Waals surface area contributed by atoms with Crippen LogP contribution in [0.4, 0.5) is 0 Å². The van der Waals surface area contributed by atoms with Gasteiger partial charge in [-0.15, -0.1) is 0 Å². The molecule has 3 atom stereocenters. The zero-order chi connectivity index (χ0) is 14.9. The lowest BCUT2D eigenvalue weighted by Crippen LogP contribution is -2.44. The van der Waals surface area contributed by atoms with E-state index in [9.17, 15) is 4.79 Å². The minimum atomic E-state index is -0.221. The van der Waals surface area contributed by atoms with Crippen molar-refractivity contribution in [2.24, 2.45) is 11.3 Å². The van der Waals surface area contributed by atoms with Gasteiger partial charge in [-0.2, -0.15) is 0 Å². The summed E-state index contributed by atoms with van der Waals surface area (Å²) in [5, 5.41) is 0. The van der Waals surface area contributed by atoms with Crippen LogP contribution in [-0.2, 0) is 14.3 Å². The Kier molecular flexibility index (Phi) is 3.81. The van der Waals surface area contributed by atoms with E-state index < -0.39 is 0 Å². The minimum Gasteiger partial charge on any atom is -0.465 e. The summed E-state index contributed by atoms with van der Waals surface area (Å²) in [5.74, 6) is 0.119. The number of pyridine rings is 1. The highest BCUT2D eigenvalue weighted by molar-refractivity contribution is 5.65. The van der Waals surface area contributed by atoms with Crippen molar-refractivity contribution < 1.29 is 14.3 Å². The second-order valence-corrected chi connectivity index (χ2v) is 6.26. The molecule has 1 saturated heterocycles. The monoisotopic (exact) mass is 287 g/mol. The number of carbonyl (C=O) groups excluding carboxylic acids is 1. The van der Waals surface area contributed by atoms with E-state index >= 15 is 0 Å². The maximum atomic E-state index is 11.1. The smallest absolute Gasteiger partial charge is 0.302 e. The number of aromatic nitrogens is 1. The summed E-state index contributed by atoms with van der Waals surface area (Å²) in [6.45, 7) is 4.70. The molecule has 0 amide bonds. The molecule has 112 valence electrons. The SMILES string of the molecule is CC(=O)OC[C@]12CC=C(C)[C@@H](C1)[C@H](c1cccnc1)OC2. The quantitative estimate of drug-likeness (QED) is 0.633. The number of hydrogen-bond donors (Lipinski definition) is 0. The third kappa shape index (κ3) is 2.86. The Morgan fingerprint density at radius 3 is 3.14 bits per heavy atom. The molecule has 0 aromatic carbocycles. The van der Waals surface area contributed by atoms with Crippen LogP contribution < -0.4 is 0 Å². The number of fused-ring (bicyclic) bond motifs is 2. The van der Waals surface area contributed by atoms with Crippen molar-refractivity contribution in [3.05, 3.63) is 41.7 Å². The zero-order valence-corrected chi connectivity index (χ0v) is 12.5. The largest absolute Gasteiger partial charge is 0.465 e. The lowest BCUT2D eigenvalue weighted by molar-refractivity contribution is -0.156. The molecule has 4 nitrogen and oxygen atoms in total. The van der Waals surface area contributed by atoms with Crippen LogP contribution in [-0.4, -0.2) is 24.2 Å². The van der Waals surface area contributed by atoms with Crippen molar-refractivity contribution in [2.75, 3.05) is 13.2 Å².